The predicted octanol–water partition coefficient (Wildman–Crippen LogP) is 22.8. The van der Waals surface area contributed by atoms with Gasteiger partial charge in [0.05, 0.1) is 25.4 Å². The van der Waals surface area contributed by atoms with E-state index in [4.69, 9.17) is 9.47 Å². The molecule has 0 aromatic rings. The highest BCUT2D eigenvalue weighted by molar-refractivity contribution is 5.76. The number of aliphatic hydroxyl groups excluding tert-OH is 5. The number of ether oxygens (including phenoxy) is 2. The van der Waals surface area contributed by atoms with Gasteiger partial charge in [0.25, 0.3) is 0 Å². The Labute approximate surface area is 548 Å². The van der Waals surface area contributed by atoms with Gasteiger partial charge in [-0.1, -0.05) is 425 Å². The summed E-state index contributed by atoms with van der Waals surface area (Å²) in [5, 5.41) is 55.1. The van der Waals surface area contributed by atoms with E-state index >= 15 is 0 Å². The van der Waals surface area contributed by atoms with Crippen LogP contribution in [-0.2, 0) is 14.3 Å². The lowest BCUT2D eigenvalue weighted by Gasteiger charge is -2.40. The van der Waals surface area contributed by atoms with Crippen LogP contribution in [0, 0.1) is 0 Å². The third-order valence-corrected chi connectivity index (χ3v) is 20.0. The molecule has 6 N–H and O–H groups in total. The highest BCUT2D eigenvalue weighted by Crippen LogP contribution is 2.25. The third-order valence-electron chi connectivity index (χ3n) is 20.0. The first-order chi connectivity index (χ1) is 43.3. The molecular weight excluding hydrogens is 1090 g/mol. The van der Waals surface area contributed by atoms with Crippen LogP contribution in [0.3, 0.4) is 0 Å². The molecule has 1 saturated heterocycles. The average molecular weight is 1250 g/mol. The third kappa shape index (κ3) is 56.7. The van der Waals surface area contributed by atoms with E-state index in [0.29, 0.717) is 12.8 Å². The Morgan fingerprint density at radius 3 is 0.807 bits per heavy atom. The van der Waals surface area contributed by atoms with Crippen molar-refractivity contribution in [3.05, 3.63) is 0 Å². The Morgan fingerprint density at radius 2 is 0.568 bits per heavy atom. The number of rotatable bonds is 73. The zero-order valence-corrected chi connectivity index (χ0v) is 59.3. The van der Waals surface area contributed by atoms with E-state index in [2.05, 4.69) is 19.2 Å². The van der Waals surface area contributed by atoms with Gasteiger partial charge in [0.1, 0.15) is 24.4 Å². The van der Waals surface area contributed by atoms with Crippen LogP contribution in [0.4, 0.5) is 0 Å². The topological polar surface area (TPSA) is 149 Å². The molecule has 0 aliphatic carbocycles. The summed E-state index contributed by atoms with van der Waals surface area (Å²) in [6, 6.07) is -0.716. The minimum atomic E-state index is -1.55. The molecule has 0 aromatic carbocycles. The summed E-state index contributed by atoms with van der Waals surface area (Å²) in [6.07, 6.45) is 82.3. The van der Waals surface area contributed by atoms with Crippen molar-refractivity contribution in [2.24, 2.45) is 0 Å². The second-order valence-electron chi connectivity index (χ2n) is 28.6. The maximum Gasteiger partial charge on any atom is 0.220 e. The van der Waals surface area contributed by atoms with Crippen molar-refractivity contribution in [1.29, 1.82) is 0 Å². The lowest BCUT2D eigenvalue weighted by atomic mass is 9.99. The Bertz CT molecular complexity index is 1350. The van der Waals surface area contributed by atoms with E-state index in [1.807, 2.05) is 0 Å². The summed E-state index contributed by atoms with van der Waals surface area (Å²) in [5.41, 5.74) is 0. The van der Waals surface area contributed by atoms with Crippen LogP contribution >= 0.6 is 0 Å². The molecule has 0 bridgehead atoms. The maximum atomic E-state index is 13.2. The Morgan fingerprint density at radius 1 is 0.341 bits per heavy atom. The monoisotopic (exact) mass is 1250 g/mol. The van der Waals surface area contributed by atoms with Crippen molar-refractivity contribution in [2.45, 2.75) is 487 Å². The molecule has 1 rings (SSSR count). The number of hydrogen-bond donors (Lipinski definition) is 6. The molecule has 0 saturated carbocycles. The largest absolute Gasteiger partial charge is 0.394 e. The molecule has 9 nitrogen and oxygen atoms in total. The Balaban J connectivity index is 2.03. The maximum absolute atomic E-state index is 13.2. The molecule has 1 amide bonds. The molecule has 1 aliphatic rings. The summed E-state index contributed by atoms with van der Waals surface area (Å²) in [6.45, 7) is 3.92. The van der Waals surface area contributed by atoms with Crippen LogP contribution in [0.1, 0.15) is 444 Å². The first kappa shape index (κ1) is 85.2. The first-order valence-corrected chi connectivity index (χ1v) is 40.2. The summed E-state index contributed by atoms with van der Waals surface area (Å²) in [4.78, 5) is 13.2. The van der Waals surface area contributed by atoms with Gasteiger partial charge in [0, 0.05) is 6.42 Å². The van der Waals surface area contributed by atoms with Gasteiger partial charge >= 0.3 is 0 Å². The van der Waals surface area contributed by atoms with Crippen LogP contribution < -0.4 is 5.32 Å². The normalized spacial score (nSPS) is 17.7. The molecule has 0 aromatic heterocycles. The van der Waals surface area contributed by atoms with Crippen LogP contribution in [0.25, 0.3) is 0 Å². The van der Waals surface area contributed by atoms with Gasteiger partial charge < -0.3 is 40.3 Å². The first-order valence-electron chi connectivity index (χ1n) is 40.2. The highest BCUT2D eigenvalue weighted by atomic mass is 16.7. The second kappa shape index (κ2) is 69.0. The van der Waals surface area contributed by atoms with E-state index in [0.717, 1.165) is 38.5 Å². The molecule has 9 heteroatoms. The molecule has 7 unspecified atom stereocenters. The van der Waals surface area contributed by atoms with Gasteiger partial charge in [0.15, 0.2) is 6.29 Å². The number of aliphatic hydroxyl groups is 5. The molecular formula is C79H157NO8. The molecule has 0 radical (unpaired) electrons. The standard InChI is InChI=1S/C79H157NO8/c1-3-5-7-9-11-13-15-17-19-21-23-25-27-29-31-33-34-35-36-37-38-39-40-41-43-45-47-49-51-53-55-57-59-61-63-65-67-69-75(83)80-72(71-87-79-78(86)77(85)76(84)74(70-81)88-79)73(82)68-66-64-62-60-58-56-54-52-50-48-46-44-42-32-30-28-26-24-22-20-18-16-14-12-10-8-6-4-2/h72-74,76-79,81-82,84-86H,3-71H2,1-2H3,(H,80,83). The summed E-state index contributed by atoms with van der Waals surface area (Å²) >= 11 is 0. The van der Waals surface area contributed by atoms with Crippen LogP contribution in [0.15, 0.2) is 0 Å². The second-order valence-corrected chi connectivity index (χ2v) is 28.6. The van der Waals surface area contributed by atoms with E-state index < -0.39 is 49.5 Å². The fourth-order valence-electron chi connectivity index (χ4n) is 13.7. The number of carbonyl (C=O) groups is 1. The Kier molecular flexibility index (Phi) is 66.8. The van der Waals surface area contributed by atoms with E-state index in [1.54, 1.807) is 0 Å². The number of carbonyl (C=O) groups excluding carboxylic acids is 1. The van der Waals surface area contributed by atoms with Crippen LogP contribution in [0.2, 0.25) is 0 Å². The number of hydrogen-bond acceptors (Lipinski definition) is 8. The van der Waals surface area contributed by atoms with Gasteiger partial charge in [-0.25, -0.2) is 0 Å². The molecule has 526 valence electrons. The van der Waals surface area contributed by atoms with E-state index in [-0.39, 0.29) is 12.5 Å². The summed E-state index contributed by atoms with van der Waals surface area (Å²) in [7, 11) is 0. The minimum absolute atomic E-state index is 0.130. The average Bonchev–Trinajstić information content (AvgIpc) is 3.29. The summed E-state index contributed by atoms with van der Waals surface area (Å²) < 4.78 is 11.4. The van der Waals surface area contributed by atoms with Crippen molar-refractivity contribution in [1.82, 2.24) is 5.32 Å². The quantitative estimate of drug-likeness (QED) is 0.0330. The number of nitrogens with one attached hydrogen (secondary N) is 1. The zero-order chi connectivity index (χ0) is 63.5. The fourth-order valence-corrected chi connectivity index (χ4v) is 13.7. The Hall–Kier alpha value is -0.810. The van der Waals surface area contributed by atoms with Crippen molar-refractivity contribution < 1.29 is 39.8 Å². The number of unbranched alkanes of at least 4 members (excludes halogenated alkanes) is 63. The van der Waals surface area contributed by atoms with E-state index in [1.165, 1.54) is 379 Å². The van der Waals surface area contributed by atoms with Crippen LogP contribution in [0.5, 0.6) is 0 Å². The van der Waals surface area contributed by atoms with Gasteiger partial charge in [-0.15, -0.1) is 0 Å². The lowest BCUT2D eigenvalue weighted by Crippen LogP contribution is -2.60. The SMILES string of the molecule is CCCCCCCCCCCCCCCCCCCCCCCCCCCCCCCCCCCCCCCC(=O)NC(COC1OC(CO)C(O)C(O)C1O)C(O)CCCCCCCCCCCCCCCCCCCCCCCCCCCCCC. The zero-order valence-electron chi connectivity index (χ0n) is 59.3. The van der Waals surface area contributed by atoms with Crippen LogP contribution in [-0.4, -0.2) is 87.5 Å². The fraction of sp³-hybridized carbons (Fsp3) is 0.987. The molecule has 88 heavy (non-hydrogen) atoms. The number of amides is 1. The lowest BCUT2D eigenvalue weighted by molar-refractivity contribution is -0.302. The predicted molar refractivity (Wildman–Crippen MR) is 378 cm³/mol. The minimum Gasteiger partial charge on any atom is -0.394 e. The van der Waals surface area contributed by atoms with Crippen molar-refractivity contribution in [3.8, 4) is 0 Å². The molecule has 0 spiro atoms. The molecule has 7 atom stereocenters. The van der Waals surface area contributed by atoms with Gasteiger partial charge in [0.2, 0.25) is 5.91 Å². The van der Waals surface area contributed by atoms with E-state index in [9.17, 15) is 30.3 Å². The van der Waals surface area contributed by atoms with Gasteiger partial charge in [-0.3, -0.25) is 4.79 Å². The van der Waals surface area contributed by atoms with Crippen molar-refractivity contribution in [3.63, 3.8) is 0 Å². The summed E-state index contributed by atoms with van der Waals surface area (Å²) in [5.74, 6) is -0.131. The van der Waals surface area contributed by atoms with Gasteiger partial charge in [-0.05, 0) is 12.8 Å². The van der Waals surface area contributed by atoms with Gasteiger partial charge in [-0.2, -0.15) is 0 Å². The smallest absolute Gasteiger partial charge is 0.220 e. The molecule has 1 fully saturated rings. The molecule has 1 heterocycles. The van der Waals surface area contributed by atoms with Crippen molar-refractivity contribution in [2.75, 3.05) is 13.2 Å². The highest BCUT2D eigenvalue weighted by Gasteiger charge is 2.44. The van der Waals surface area contributed by atoms with Crippen molar-refractivity contribution >= 4 is 5.91 Å². The molecule has 1 aliphatic heterocycles.